The zero-order valence-electron chi connectivity index (χ0n) is 19.5. The van der Waals surface area contributed by atoms with Gasteiger partial charge < -0.3 is 72.1 Å². The fourth-order valence-electron chi connectivity index (χ4n) is 4.95. The molecule has 13 N–H and O–H groups in total. The van der Waals surface area contributed by atoms with Crippen molar-refractivity contribution in [3.8, 4) is 0 Å². The van der Waals surface area contributed by atoms with Crippen molar-refractivity contribution in [3.63, 3.8) is 0 Å². The fourth-order valence-corrected chi connectivity index (χ4v) is 4.95. The molecule has 14 nitrogen and oxygen atoms in total. The van der Waals surface area contributed by atoms with E-state index in [9.17, 15) is 30.6 Å². The second kappa shape index (κ2) is 10.8. The van der Waals surface area contributed by atoms with Crippen molar-refractivity contribution in [2.24, 2.45) is 17.2 Å². The van der Waals surface area contributed by atoms with Gasteiger partial charge in [0, 0.05) is 12.1 Å². The Hall–Kier alpha value is -0.560. The predicted molar refractivity (Wildman–Crippen MR) is 116 cm³/mol. The number of hydrogen-bond acceptors (Lipinski definition) is 14. The first-order valence-corrected chi connectivity index (χ1v) is 11.4. The third-order valence-electron chi connectivity index (χ3n) is 6.95. The molecule has 3 fully saturated rings. The van der Waals surface area contributed by atoms with Crippen LogP contribution in [0.1, 0.15) is 20.3 Å². The van der Waals surface area contributed by atoms with Crippen LogP contribution in [0.4, 0.5) is 0 Å². The van der Waals surface area contributed by atoms with Gasteiger partial charge in [0.15, 0.2) is 12.6 Å². The van der Waals surface area contributed by atoms with Gasteiger partial charge in [-0.2, -0.15) is 0 Å². The van der Waals surface area contributed by atoms with Crippen LogP contribution >= 0.6 is 0 Å². The molecule has 200 valence electrons. The number of aliphatic hydroxyl groups is 6. The zero-order valence-corrected chi connectivity index (χ0v) is 19.5. The number of likely N-dealkylation sites (N-methyl/N-ethyl adjacent to an activating group) is 1. The summed E-state index contributed by atoms with van der Waals surface area (Å²) < 4.78 is 22.8. The number of rotatable bonds is 6. The van der Waals surface area contributed by atoms with Crippen LogP contribution in [-0.2, 0) is 18.9 Å². The maximum Gasteiger partial charge on any atom is 0.185 e. The molecule has 3 aliphatic rings. The number of aliphatic hydroxyl groups excluding tert-OH is 5. The predicted octanol–water partition coefficient (Wildman–Crippen LogP) is -5.61. The van der Waals surface area contributed by atoms with Crippen LogP contribution in [0.3, 0.4) is 0 Å². The van der Waals surface area contributed by atoms with Crippen LogP contribution in [0, 0.1) is 0 Å². The summed E-state index contributed by atoms with van der Waals surface area (Å²) in [6, 6.07) is -3.47. The van der Waals surface area contributed by atoms with E-state index in [0.29, 0.717) is 0 Å². The van der Waals surface area contributed by atoms with Crippen LogP contribution in [0.25, 0.3) is 0 Å². The molecule has 0 amide bonds. The minimum Gasteiger partial charge on any atom is -0.391 e. The summed E-state index contributed by atoms with van der Waals surface area (Å²) in [5, 5.41) is 65.2. The van der Waals surface area contributed by atoms with Crippen molar-refractivity contribution in [1.29, 1.82) is 0 Å². The fraction of sp³-hybridized carbons (Fsp3) is 1.00. The van der Waals surface area contributed by atoms with Gasteiger partial charge >= 0.3 is 0 Å². The van der Waals surface area contributed by atoms with Crippen LogP contribution in [-0.4, -0.2) is 135 Å². The standard InChI is InChI=1S/C20H40N4O10/c1-6(25)14-11(27)10(26)9(23)18(32-14)33-15-7(21)4-8(22)16(12(15)28)34-19-13(29)17(24-3)20(2,30)5-31-19/h6-19,24-30H,4-5,21-23H2,1-3H3/t6-,7+,8-,9+,10+,11+,12-,13+,14?,15-,16+,17+,18+,19+,20-/m1/s1. The molecule has 0 radical (unpaired) electrons. The molecule has 14 heteroatoms. The molecule has 0 aromatic rings. The SMILES string of the molecule is CN[C@H]1[C@H](O)[C@H](O[C@@H]2[C@H](O)[C@H](O[C@@H]3OC([C@@H](C)O)[C@@H](O)[C@@H](O)[C@@H]3N)[C@@H](N)C[C@H]2N)OC[C@@]1(C)O. The van der Waals surface area contributed by atoms with Gasteiger partial charge in [0.05, 0.1) is 24.8 Å². The van der Waals surface area contributed by atoms with E-state index in [4.69, 9.17) is 36.1 Å². The highest BCUT2D eigenvalue weighted by Gasteiger charge is 2.52. The van der Waals surface area contributed by atoms with Crippen molar-refractivity contribution >= 4 is 0 Å². The van der Waals surface area contributed by atoms with Crippen molar-refractivity contribution in [3.05, 3.63) is 0 Å². The van der Waals surface area contributed by atoms with E-state index in [-0.39, 0.29) is 13.0 Å². The molecule has 0 aromatic heterocycles. The lowest BCUT2D eigenvalue weighted by molar-refractivity contribution is -0.319. The van der Waals surface area contributed by atoms with Gasteiger partial charge in [-0.1, -0.05) is 0 Å². The van der Waals surface area contributed by atoms with Gasteiger partial charge in [-0.15, -0.1) is 0 Å². The quantitative estimate of drug-likeness (QED) is 0.165. The van der Waals surface area contributed by atoms with E-state index >= 15 is 0 Å². The normalized spacial score (nSPS) is 53.5. The molecular weight excluding hydrogens is 456 g/mol. The number of nitrogens with two attached hydrogens (primary N) is 3. The first kappa shape index (κ1) is 28.0. The van der Waals surface area contributed by atoms with Gasteiger partial charge in [-0.3, -0.25) is 0 Å². The van der Waals surface area contributed by atoms with Gasteiger partial charge in [0.1, 0.15) is 48.3 Å². The van der Waals surface area contributed by atoms with E-state index in [1.165, 1.54) is 13.8 Å². The van der Waals surface area contributed by atoms with Crippen LogP contribution < -0.4 is 22.5 Å². The number of ether oxygens (including phenoxy) is 4. The Kier molecular flexibility index (Phi) is 8.92. The molecule has 2 saturated heterocycles. The highest BCUT2D eigenvalue weighted by Crippen LogP contribution is 2.32. The summed E-state index contributed by atoms with van der Waals surface area (Å²) in [4.78, 5) is 0. The third kappa shape index (κ3) is 5.40. The van der Waals surface area contributed by atoms with Crippen LogP contribution in [0.2, 0.25) is 0 Å². The third-order valence-corrected chi connectivity index (χ3v) is 6.95. The van der Waals surface area contributed by atoms with E-state index in [0.717, 1.165) is 0 Å². The second-order valence-corrected chi connectivity index (χ2v) is 9.82. The molecule has 34 heavy (non-hydrogen) atoms. The average Bonchev–Trinajstić information content (AvgIpc) is 2.75. The zero-order chi connectivity index (χ0) is 25.5. The molecule has 0 aromatic carbocycles. The van der Waals surface area contributed by atoms with Gasteiger partial charge in [0.2, 0.25) is 0 Å². The lowest BCUT2D eigenvalue weighted by Gasteiger charge is -2.49. The number of nitrogens with one attached hydrogen (secondary N) is 1. The molecule has 1 saturated carbocycles. The molecular formula is C20H40N4O10. The summed E-state index contributed by atoms with van der Waals surface area (Å²) in [6.07, 6.45) is -12.4. The Morgan fingerprint density at radius 2 is 1.50 bits per heavy atom. The molecule has 2 aliphatic heterocycles. The van der Waals surface area contributed by atoms with Gasteiger partial charge in [0.25, 0.3) is 0 Å². The summed E-state index contributed by atoms with van der Waals surface area (Å²) in [5.74, 6) is 0. The Labute approximate surface area is 197 Å². The second-order valence-electron chi connectivity index (χ2n) is 9.82. The minimum atomic E-state index is -1.46. The van der Waals surface area contributed by atoms with Crippen molar-refractivity contribution in [1.82, 2.24) is 5.32 Å². The average molecular weight is 497 g/mol. The molecule has 1 aliphatic carbocycles. The monoisotopic (exact) mass is 496 g/mol. The van der Waals surface area contributed by atoms with E-state index in [1.807, 2.05) is 0 Å². The molecule has 1 unspecified atom stereocenters. The van der Waals surface area contributed by atoms with Gasteiger partial charge in [-0.25, -0.2) is 0 Å². The first-order chi connectivity index (χ1) is 15.8. The Balaban J connectivity index is 1.73. The molecule has 3 rings (SSSR count). The Morgan fingerprint density at radius 1 is 0.941 bits per heavy atom. The van der Waals surface area contributed by atoms with E-state index in [1.54, 1.807) is 7.05 Å². The summed E-state index contributed by atoms with van der Waals surface area (Å²) in [5.41, 5.74) is 17.0. The Bertz CT molecular complexity index is 675. The topological polar surface area (TPSA) is 248 Å². The first-order valence-electron chi connectivity index (χ1n) is 11.4. The molecule has 0 bridgehead atoms. The van der Waals surface area contributed by atoms with E-state index < -0.39 is 91.2 Å². The van der Waals surface area contributed by atoms with Crippen molar-refractivity contribution in [2.45, 2.75) is 111 Å². The lowest BCUT2D eigenvalue weighted by atomic mass is 9.84. The number of hydrogen-bond donors (Lipinski definition) is 10. The largest absolute Gasteiger partial charge is 0.391 e. The molecule has 2 heterocycles. The Morgan fingerprint density at radius 3 is 2.03 bits per heavy atom. The molecule has 0 spiro atoms. The summed E-state index contributed by atoms with van der Waals surface area (Å²) in [6.45, 7) is 2.75. The lowest BCUT2D eigenvalue weighted by Crippen LogP contribution is -2.69. The maximum absolute atomic E-state index is 11.1. The smallest absolute Gasteiger partial charge is 0.185 e. The summed E-state index contributed by atoms with van der Waals surface area (Å²) >= 11 is 0. The maximum atomic E-state index is 11.1. The van der Waals surface area contributed by atoms with Crippen molar-refractivity contribution < 1.29 is 49.6 Å². The van der Waals surface area contributed by atoms with Crippen LogP contribution in [0.5, 0.6) is 0 Å². The highest BCUT2D eigenvalue weighted by molar-refractivity contribution is 5.02. The van der Waals surface area contributed by atoms with Gasteiger partial charge in [-0.05, 0) is 27.3 Å². The van der Waals surface area contributed by atoms with Crippen molar-refractivity contribution in [2.75, 3.05) is 13.7 Å². The van der Waals surface area contributed by atoms with Crippen LogP contribution in [0.15, 0.2) is 0 Å². The minimum absolute atomic E-state index is 0.135. The highest BCUT2D eigenvalue weighted by atomic mass is 16.7. The van der Waals surface area contributed by atoms with E-state index in [2.05, 4.69) is 5.32 Å². The molecule has 15 atom stereocenters. The summed E-state index contributed by atoms with van der Waals surface area (Å²) in [7, 11) is 1.58.